The molecule has 0 radical (unpaired) electrons. The molecule has 0 aliphatic carbocycles. The summed E-state index contributed by atoms with van der Waals surface area (Å²) in [7, 11) is 7.05. The number of hydrogen-bond donors (Lipinski definition) is 0. The number of anilines is 1. The summed E-state index contributed by atoms with van der Waals surface area (Å²) in [4.78, 5) is 27.4. The zero-order valence-corrected chi connectivity index (χ0v) is 16.4. The van der Waals surface area contributed by atoms with Crippen molar-refractivity contribution in [2.24, 2.45) is 5.10 Å². The number of carbonyl (C=O) groups excluding carboxylic acids is 2. The molecule has 7 nitrogen and oxygen atoms in total. The molecule has 1 aromatic carbocycles. The maximum Gasteiger partial charge on any atom is 0.325 e. The van der Waals surface area contributed by atoms with Gasteiger partial charge in [-0.3, -0.25) is 9.59 Å². The first kappa shape index (κ1) is 19.8. The summed E-state index contributed by atoms with van der Waals surface area (Å²) in [5, 5.41) is 6.01. The van der Waals surface area contributed by atoms with Crippen molar-refractivity contribution in [1.29, 1.82) is 0 Å². The predicted octanol–water partition coefficient (Wildman–Crippen LogP) is 2.07. The number of halogens is 1. The molecule has 1 aromatic rings. The Hall–Kier alpha value is -2.54. The molecule has 0 aromatic heterocycles. The molecule has 140 valence electrons. The van der Waals surface area contributed by atoms with E-state index >= 15 is 0 Å². The van der Waals surface area contributed by atoms with E-state index in [4.69, 9.17) is 16.3 Å². The van der Waals surface area contributed by atoms with E-state index < -0.39 is 0 Å². The van der Waals surface area contributed by atoms with Gasteiger partial charge in [0, 0.05) is 38.9 Å². The van der Waals surface area contributed by atoms with Crippen LogP contribution < -0.4 is 4.90 Å². The van der Waals surface area contributed by atoms with E-state index in [1.807, 2.05) is 26.2 Å². The van der Waals surface area contributed by atoms with Crippen molar-refractivity contribution in [2.45, 2.75) is 6.92 Å². The van der Waals surface area contributed by atoms with Gasteiger partial charge in [-0.2, -0.15) is 5.10 Å². The second-order valence-corrected chi connectivity index (χ2v) is 6.48. The van der Waals surface area contributed by atoms with Crippen LogP contribution in [0.4, 0.5) is 5.69 Å². The van der Waals surface area contributed by atoms with Gasteiger partial charge in [0.2, 0.25) is 0 Å². The number of amidine groups is 1. The third-order valence-electron chi connectivity index (χ3n) is 3.83. The minimum absolute atomic E-state index is 0.130. The molecule has 0 N–H and O–H groups in total. The number of nitrogens with zero attached hydrogens (tertiary/aromatic N) is 4. The molecule has 1 amide bonds. The fourth-order valence-electron chi connectivity index (χ4n) is 2.49. The average Bonchev–Trinajstić information content (AvgIpc) is 2.85. The number of carbonyl (C=O) groups is 2. The van der Waals surface area contributed by atoms with Crippen LogP contribution in [-0.4, -0.2) is 69.0 Å². The Labute approximate surface area is 158 Å². The normalized spacial score (nSPS) is 15.3. The molecule has 2 rings (SSSR count). The Morgan fingerprint density at radius 1 is 1.35 bits per heavy atom. The largest absolute Gasteiger partial charge is 0.465 e. The highest BCUT2D eigenvalue weighted by Gasteiger charge is 2.29. The molecule has 0 fully saturated rings. The molecule has 0 unspecified atom stereocenters. The van der Waals surface area contributed by atoms with Crippen LogP contribution in [0.25, 0.3) is 6.08 Å². The van der Waals surface area contributed by atoms with E-state index in [9.17, 15) is 9.59 Å². The lowest BCUT2D eigenvalue weighted by molar-refractivity contribution is -0.141. The molecule has 1 heterocycles. The molecule has 0 spiro atoms. The van der Waals surface area contributed by atoms with Crippen LogP contribution in [0.15, 0.2) is 28.9 Å². The van der Waals surface area contributed by atoms with Crippen LogP contribution in [0.3, 0.4) is 0 Å². The topological polar surface area (TPSA) is 65.5 Å². The van der Waals surface area contributed by atoms with E-state index in [0.29, 0.717) is 28.6 Å². The maximum absolute atomic E-state index is 12.3. The van der Waals surface area contributed by atoms with E-state index in [2.05, 4.69) is 5.10 Å². The van der Waals surface area contributed by atoms with E-state index in [-0.39, 0.29) is 18.4 Å². The first-order valence-corrected chi connectivity index (χ1v) is 8.54. The molecule has 0 bridgehead atoms. The number of likely N-dealkylation sites (N-methyl/N-ethyl adjacent to an activating group) is 3. The lowest BCUT2D eigenvalue weighted by Gasteiger charge is -2.19. The summed E-state index contributed by atoms with van der Waals surface area (Å²) in [5.41, 5.74) is 1.96. The Balaban J connectivity index is 2.26. The molecule has 0 saturated carbocycles. The summed E-state index contributed by atoms with van der Waals surface area (Å²) in [6.45, 7) is 2.24. The van der Waals surface area contributed by atoms with Gasteiger partial charge >= 0.3 is 5.97 Å². The zero-order valence-electron chi connectivity index (χ0n) is 15.6. The van der Waals surface area contributed by atoms with Gasteiger partial charge in [-0.05, 0) is 30.7 Å². The van der Waals surface area contributed by atoms with Gasteiger partial charge < -0.3 is 14.5 Å². The van der Waals surface area contributed by atoms with Crippen molar-refractivity contribution in [3.8, 4) is 0 Å². The smallest absolute Gasteiger partial charge is 0.325 e. The Morgan fingerprint density at radius 3 is 2.62 bits per heavy atom. The summed E-state index contributed by atoms with van der Waals surface area (Å²) >= 11 is 6.40. The van der Waals surface area contributed by atoms with Crippen LogP contribution in [0.5, 0.6) is 0 Å². The maximum atomic E-state index is 12.3. The number of rotatable bonds is 5. The molecule has 1 aliphatic rings. The van der Waals surface area contributed by atoms with Crippen LogP contribution in [-0.2, 0) is 14.3 Å². The number of amides is 1. The zero-order chi connectivity index (χ0) is 19.4. The van der Waals surface area contributed by atoms with E-state index in [1.54, 1.807) is 43.0 Å². The van der Waals surface area contributed by atoms with Gasteiger partial charge in [-0.15, -0.1) is 0 Å². The van der Waals surface area contributed by atoms with Crippen molar-refractivity contribution < 1.29 is 14.3 Å². The SMILES string of the molecule is CCOC(=O)CN(C)c1ccc(C=C2C(=O)N(C)N=C2N(C)C)c(Cl)c1. The molecule has 1 aliphatic heterocycles. The quantitative estimate of drug-likeness (QED) is 0.579. The van der Waals surface area contributed by atoms with Crippen molar-refractivity contribution in [1.82, 2.24) is 9.91 Å². The Kier molecular flexibility index (Phi) is 6.26. The molecule has 26 heavy (non-hydrogen) atoms. The fraction of sp³-hybridized carbons (Fsp3) is 0.389. The van der Waals surface area contributed by atoms with Crippen LogP contribution in [0.1, 0.15) is 12.5 Å². The lowest BCUT2D eigenvalue weighted by Crippen LogP contribution is -2.27. The van der Waals surface area contributed by atoms with Crippen LogP contribution in [0.2, 0.25) is 5.02 Å². The number of ether oxygens (including phenoxy) is 1. The van der Waals surface area contributed by atoms with Crippen molar-refractivity contribution in [3.05, 3.63) is 34.4 Å². The first-order chi connectivity index (χ1) is 12.2. The fourth-order valence-corrected chi connectivity index (χ4v) is 2.71. The van der Waals surface area contributed by atoms with Crippen molar-refractivity contribution >= 4 is 41.1 Å². The molecular formula is C18H23ClN4O3. The second kappa shape index (κ2) is 8.23. The number of esters is 1. The third kappa shape index (κ3) is 4.35. The molecular weight excluding hydrogens is 356 g/mol. The number of hydrogen-bond acceptors (Lipinski definition) is 6. The highest BCUT2D eigenvalue weighted by atomic mass is 35.5. The summed E-state index contributed by atoms with van der Waals surface area (Å²) in [6, 6.07) is 5.40. The molecule has 8 heteroatoms. The lowest BCUT2D eigenvalue weighted by atomic mass is 10.1. The van der Waals surface area contributed by atoms with E-state index in [0.717, 1.165) is 5.69 Å². The summed E-state index contributed by atoms with van der Waals surface area (Å²) < 4.78 is 4.95. The van der Waals surface area contributed by atoms with Gasteiger partial charge in [-0.25, -0.2) is 5.01 Å². The monoisotopic (exact) mass is 378 g/mol. The number of benzene rings is 1. The average molecular weight is 379 g/mol. The highest BCUT2D eigenvalue weighted by Crippen LogP contribution is 2.27. The van der Waals surface area contributed by atoms with Gasteiger partial charge in [0.05, 0.1) is 12.2 Å². The Morgan fingerprint density at radius 2 is 2.04 bits per heavy atom. The van der Waals surface area contributed by atoms with Crippen molar-refractivity contribution in [2.75, 3.05) is 46.2 Å². The van der Waals surface area contributed by atoms with Crippen LogP contribution >= 0.6 is 11.6 Å². The third-order valence-corrected chi connectivity index (χ3v) is 4.16. The molecule has 0 saturated heterocycles. The van der Waals surface area contributed by atoms with Gasteiger partial charge in [0.25, 0.3) is 5.91 Å². The van der Waals surface area contributed by atoms with Crippen LogP contribution in [0, 0.1) is 0 Å². The number of hydrazone groups is 1. The van der Waals surface area contributed by atoms with Gasteiger partial charge in [0.1, 0.15) is 6.54 Å². The van der Waals surface area contributed by atoms with Gasteiger partial charge in [-0.1, -0.05) is 17.7 Å². The second-order valence-electron chi connectivity index (χ2n) is 6.07. The molecule has 0 atom stereocenters. The summed E-state index contributed by atoms with van der Waals surface area (Å²) in [5.74, 6) is 0.0917. The minimum Gasteiger partial charge on any atom is -0.465 e. The Bertz CT molecular complexity index is 774. The van der Waals surface area contributed by atoms with Gasteiger partial charge in [0.15, 0.2) is 5.84 Å². The standard InChI is InChI=1S/C18H23ClN4O3/c1-6-26-16(24)11-22(4)13-8-7-12(15(19)10-13)9-14-17(21(2)3)20-23(5)18(14)25/h7-10H,6,11H2,1-5H3. The highest BCUT2D eigenvalue weighted by molar-refractivity contribution is 6.33. The van der Waals surface area contributed by atoms with Crippen molar-refractivity contribution in [3.63, 3.8) is 0 Å². The van der Waals surface area contributed by atoms with E-state index in [1.165, 1.54) is 5.01 Å². The predicted molar refractivity (Wildman–Crippen MR) is 103 cm³/mol. The first-order valence-electron chi connectivity index (χ1n) is 8.17. The summed E-state index contributed by atoms with van der Waals surface area (Å²) in [6.07, 6.45) is 1.72. The minimum atomic E-state index is -0.302.